The number of hydrogen-bond acceptors (Lipinski definition) is 2. The number of benzene rings is 1. The molecule has 1 saturated carbocycles. The van der Waals surface area contributed by atoms with Crippen molar-refractivity contribution in [3.8, 4) is 5.69 Å². The first-order valence-corrected chi connectivity index (χ1v) is 8.76. The second kappa shape index (κ2) is 9.22. The lowest BCUT2D eigenvalue weighted by atomic mass is 10.1. The molecule has 0 atom stereocenters. The van der Waals surface area contributed by atoms with Gasteiger partial charge in [0.1, 0.15) is 0 Å². The van der Waals surface area contributed by atoms with E-state index in [4.69, 9.17) is 0 Å². The molecule has 0 unspecified atom stereocenters. The van der Waals surface area contributed by atoms with Crippen LogP contribution in [0.1, 0.15) is 42.6 Å². The second-order valence-electron chi connectivity index (χ2n) is 6.52. The topological polar surface area (TPSA) is 54.2 Å². The van der Waals surface area contributed by atoms with Gasteiger partial charge in [-0.15, -0.1) is 24.0 Å². The van der Waals surface area contributed by atoms with Crippen LogP contribution in [0.2, 0.25) is 0 Å². The molecule has 1 aliphatic rings. The van der Waals surface area contributed by atoms with E-state index in [0.29, 0.717) is 6.04 Å². The quantitative estimate of drug-likeness (QED) is 0.422. The van der Waals surface area contributed by atoms with Gasteiger partial charge in [-0.25, -0.2) is 4.68 Å². The molecule has 0 bridgehead atoms. The Morgan fingerprint density at radius 3 is 2.60 bits per heavy atom. The zero-order chi connectivity index (χ0) is 16.9. The molecule has 5 nitrogen and oxygen atoms in total. The molecule has 6 heteroatoms. The molecule has 0 spiro atoms. The lowest BCUT2D eigenvalue weighted by Crippen LogP contribution is -2.42. The normalized spacial score (nSPS) is 15.1. The SMILES string of the molecule is CN=C(NCc1ccccc1-n1nc(C)cc1C)NC1CCCC1.I. The summed E-state index contributed by atoms with van der Waals surface area (Å²) in [4.78, 5) is 4.36. The Bertz CT molecular complexity index is 716. The van der Waals surface area contributed by atoms with Gasteiger partial charge in [-0.05, 0) is 44.4 Å². The number of aromatic nitrogens is 2. The van der Waals surface area contributed by atoms with Crippen LogP contribution in [-0.2, 0) is 6.54 Å². The number of aliphatic imine (C=N–C) groups is 1. The number of aryl methyl sites for hydroxylation is 2. The number of nitrogens with zero attached hydrogens (tertiary/aromatic N) is 3. The Hall–Kier alpha value is -1.57. The summed E-state index contributed by atoms with van der Waals surface area (Å²) in [6.07, 6.45) is 5.11. The van der Waals surface area contributed by atoms with Crippen molar-refractivity contribution in [3.63, 3.8) is 0 Å². The van der Waals surface area contributed by atoms with Gasteiger partial charge in [0.25, 0.3) is 0 Å². The number of rotatable bonds is 4. The molecule has 3 rings (SSSR count). The first kappa shape index (κ1) is 19.8. The predicted molar refractivity (Wildman–Crippen MR) is 114 cm³/mol. The Balaban J connectivity index is 0.00000225. The first-order chi connectivity index (χ1) is 11.7. The molecule has 1 heterocycles. The highest BCUT2D eigenvalue weighted by molar-refractivity contribution is 14.0. The summed E-state index contributed by atoms with van der Waals surface area (Å²) in [5.74, 6) is 0.880. The molecule has 2 N–H and O–H groups in total. The number of para-hydroxylation sites is 1. The lowest BCUT2D eigenvalue weighted by Gasteiger charge is -2.18. The van der Waals surface area contributed by atoms with Crippen molar-refractivity contribution in [1.82, 2.24) is 20.4 Å². The number of guanidine groups is 1. The van der Waals surface area contributed by atoms with Gasteiger partial charge in [-0.1, -0.05) is 31.0 Å². The molecule has 2 aromatic rings. The van der Waals surface area contributed by atoms with E-state index in [2.05, 4.69) is 58.0 Å². The van der Waals surface area contributed by atoms with Crippen LogP contribution < -0.4 is 10.6 Å². The highest BCUT2D eigenvalue weighted by Crippen LogP contribution is 2.18. The van der Waals surface area contributed by atoms with Gasteiger partial charge in [0.05, 0.1) is 11.4 Å². The molecule has 25 heavy (non-hydrogen) atoms. The van der Waals surface area contributed by atoms with Gasteiger partial charge in [-0.2, -0.15) is 5.10 Å². The second-order valence-corrected chi connectivity index (χ2v) is 6.52. The maximum absolute atomic E-state index is 4.61. The van der Waals surface area contributed by atoms with Crippen LogP contribution in [0.3, 0.4) is 0 Å². The highest BCUT2D eigenvalue weighted by Gasteiger charge is 2.16. The zero-order valence-electron chi connectivity index (χ0n) is 15.2. The first-order valence-electron chi connectivity index (χ1n) is 8.76. The number of nitrogens with one attached hydrogen (secondary N) is 2. The van der Waals surface area contributed by atoms with E-state index >= 15 is 0 Å². The Morgan fingerprint density at radius 1 is 1.24 bits per heavy atom. The summed E-state index contributed by atoms with van der Waals surface area (Å²) >= 11 is 0. The van der Waals surface area contributed by atoms with Crippen molar-refractivity contribution in [1.29, 1.82) is 0 Å². The molecule has 0 radical (unpaired) electrons. The third kappa shape index (κ3) is 4.96. The van der Waals surface area contributed by atoms with Gasteiger partial charge in [0, 0.05) is 25.3 Å². The lowest BCUT2D eigenvalue weighted by molar-refractivity contribution is 0.613. The zero-order valence-corrected chi connectivity index (χ0v) is 17.6. The van der Waals surface area contributed by atoms with Crippen LogP contribution in [0, 0.1) is 13.8 Å². The van der Waals surface area contributed by atoms with Crippen molar-refractivity contribution in [3.05, 3.63) is 47.3 Å². The minimum Gasteiger partial charge on any atom is -0.354 e. The minimum atomic E-state index is 0. The minimum absolute atomic E-state index is 0. The van der Waals surface area contributed by atoms with Crippen molar-refractivity contribution < 1.29 is 0 Å². The third-order valence-corrected chi connectivity index (χ3v) is 4.60. The largest absolute Gasteiger partial charge is 0.354 e. The third-order valence-electron chi connectivity index (χ3n) is 4.60. The molecule has 1 aliphatic carbocycles. The van der Waals surface area contributed by atoms with Crippen LogP contribution in [0.4, 0.5) is 0 Å². The van der Waals surface area contributed by atoms with E-state index in [0.717, 1.165) is 29.6 Å². The van der Waals surface area contributed by atoms with Crippen LogP contribution in [-0.4, -0.2) is 28.8 Å². The summed E-state index contributed by atoms with van der Waals surface area (Å²) < 4.78 is 2.01. The van der Waals surface area contributed by atoms with E-state index in [1.807, 2.05) is 18.7 Å². The molecule has 1 aromatic heterocycles. The average molecular weight is 453 g/mol. The van der Waals surface area contributed by atoms with Crippen molar-refractivity contribution in [2.24, 2.45) is 4.99 Å². The summed E-state index contributed by atoms with van der Waals surface area (Å²) in [6.45, 7) is 4.84. The van der Waals surface area contributed by atoms with Gasteiger partial charge >= 0.3 is 0 Å². The fraction of sp³-hybridized carbons (Fsp3) is 0.474. The van der Waals surface area contributed by atoms with E-state index in [-0.39, 0.29) is 24.0 Å². The molecule has 0 amide bonds. The van der Waals surface area contributed by atoms with Crippen molar-refractivity contribution >= 4 is 29.9 Å². The summed E-state index contributed by atoms with van der Waals surface area (Å²) in [7, 11) is 1.83. The van der Waals surface area contributed by atoms with Crippen LogP contribution in [0.5, 0.6) is 0 Å². The Kier molecular flexibility index (Phi) is 7.28. The Morgan fingerprint density at radius 2 is 1.96 bits per heavy atom. The van der Waals surface area contributed by atoms with Crippen LogP contribution >= 0.6 is 24.0 Å². The molecule has 0 aliphatic heterocycles. The fourth-order valence-electron chi connectivity index (χ4n) is 3.38. The van der Waals surface area contributed by atoms with Crippen molar-refractivity contribution in [2.45, 2.75) is 52.1 Å². The maximum Gasteiger partial charge on any atom is 0.191 e. The van der Waals surface area contributed by atoms with Gasteiger partial charge in [0.15, 0.2) is 5.96 Å². The van der Waals surface area contributed by atoms with Crippen LogP contribution in [0.25, 0.3) is 5.69 Å². The summed E-state index contributed by atoms with van der Waals surface area (Å²) in [6, 6.07) is 11.0. The van der Waals surface area contributed by atoms with Gasteiger partial charge in [0.2, 0.25) is 0 Å². The van der Waals surface area contributed by atoms with E-state index in [1.165, 1.54) is 31.2 Å². The fourth-order valence-corrected chi connectivity index (χ4v) is 3.38. The highest BCUT2D eigenvalue weighted by atomic mass is 127. The molecular weight excluding hydrogens is 425 g/mol. The molecular formula is C19H28IN5. The standard InChI is InChI=1S/C19H27N5.HI/c1-14-12-15(2)24(23-14)18-11-7-4-8-16(18)13-21-19(20-3)22-17-9-5-6-10-17;/h4,7-8,11-12,17H,5-6,9-10,13H2,1-3H3,(H2,20,21,22);1H. The van der Waals surface area contributed by atoms with Gasteiger partial charge in [-0.3, -0.25) is 4.99 Å². The van der Waals surface area contributed by atoms with Crippen molar-refractivity contribution in [2.75, 3.05) is 7.05 Å². The molecule has 0 saturated heterocycles. The van der Waals surface area contributed by atoms with E-state index < -0.39 is 0 Å². The Labute approximate surface area is 167 Å². The monoisotopic (exact) mass is 453 g/mol. The van der Waals surface area contributed by atoms with E-state index in [9.17, 15) is 0 Å². The van der Waals surface area contributed by atoms with Gasteiger partial charge < -0.3 is 10.6 Å². The predicted octanol–water partition coefficient (Wildman–Crippen LogP) is 3.71. The molecule has 136 valence electrons. The summed E-state index contributed by atoms with van der Waals surface area (Å²) in [5.41, 5.74) is 4.51. The van der Waals surface area contributed by atoms with E-state index in [1.54, 1.807) is 0 Å². The molecule has 1 fully saturated rings. The number of halogens is 1. The van der Waals surface area contributed by atoms with Crippen LogP contribution in [0.15, 0.2) is 35.3 Å². The molecule has 1 aromatic carbocycles. The smallest absolute Gasteiger partial charge is 0.191 e. The maximum atomic E-state index is 4.61. The summed E-state index contributed by atoms with van der Waals surface area (Å²) in [5, 5.41) is 11.6. The number of hydrogen-bond donors (Lipinski definition) is 2. The average Bonchev–Trinajstić information content (AvgIpc) is 3.21.